The maximum Gasteiger partial charge on any atom is 0.416 e. The van der Waals surface area contributed by atoms with Crippen molar-refractivity contribution in [2.45, 2.75) is 26.2 Å². The molecule has 0 spiro atoms. The summed E-state index contributed by atoms with van der Waals surface area (Å²) >= 11 is 0. The van der Waals surface area contributed by atoms with Crippen molar-refractivity contribution in [2.24, 2.45) is 0 Å². The first-order valence-electron chi connectivity index (χ1n) is 10.9. The van der Waals surface area contributed by atoms with E-state index in [9.17, 15) is 31.5 Å². The van der Waals surface area contributed by atoms with E-state index in [1.807, 2.05) is 4.90 Å². The van der Waals surface area contributed by atoms with E-state index in [1.165, 1.54) is 13.0 Å². The SMILES string of the molecule is Cc1c(N2CCN(Cc3ccccc3F)CC2)c(=O)[nH]c(=O)n1Cc1c(F)cccc1C(F)(F)F. The van der Waals surface area contributed by atoms with Gasteiger partial charge in [0.2, 0.25) is 0 Å². The van der Waals surface area contributed by atoms with Crippen LogP contribution in [0.15, 0.2) is 52.1 Å². The molecule has 1 aromatic heterocycles. The first-order chi connectivity index (χ1) is 16.6. The van der Waals surface area contributed by atoms with Crippen LogP contribution in [0.25, 0.3) is 0 Å². The third-order valence-corrected chi connectivity index (χ3v) is 6.21. The second kappa shape index (κ2) is 9.65. The highest BCUT2D eigenvalue weighted by atomic mass is 19.4. The van der Waals surface area contributed by atoms with Crippen LogP contribution in [-0.4, -0.2) is 40.6 Å². The molecule has 1 aliphatic heterocycles. The number of benzene rings is 2. The number of piperazine rings is 1. The Hall–Kier alpha value is -3.47. The lowest BCUT2D eigenvalue weighted by Crippen LogP contribution is -2.49. The van der Waals surface area contributed by atoms with E-state index < -0.39 is 40.9 Å². The topological polar surface area (TPSA) is 61.3 Å². The highest BCUT2D eigenvalue weighted by Crippen LogP contribution is 2.33. The van der Waals surface area contributed by atoms with E-state index in [2.05, 4.69) is 4.98 Å². The molecule has 2 aromatic carbocycles. The molecule has 0 atom stereocenters. The second-order valence-corrected chi connectivity index (χ2v) is 8.40. The lowest BCUT2D eigenvalue weighted by atomic mass is 10.1. The van der Waals surface area contributed by atoms with Crippen molar-refractivity contribution < 1.29 is 22.0 Å². The molecule has 4 rings (SSSR count). The molecule has 11 heteroatoms. The molecule has 0 aliphatic carbocycles. The lowest BCUT2D eigenvalue weighted by molar-refractivity contribution is -0.138. The number of hydrogen-bond donors (Lipinski definition) is 1. The maximum atomic E-state index is 14.4. The molecule has 1 N–H and O–H groups in total. The number of rotatable bonds is 5. The summed E-state index contributed by atoms with van der Waals surface area (Å²) in [5.41, 5.74) is -2.63. The first-order valence-corrected chi connectivity index (χ1v) is 10.9. The smallest absolute Gasteiger partial charge is 0.363 e. The van der Waals surface area contributed by atoms with E-state index in [0.29, 0.717) is 38.3 Å². The van der Waals surface area contributed by atoms with Crippen LogP contribution in [0.2, 0.25) is 0 Å². The first kappa shape index (κ1) is 24.6. The van der Waals surface area contributed by atoms with Crippen molar-refractivity contribution in [3.8, 4) is 0 Å². The largest absolute Gasteiger partial charge is 0.416 e. The summed E-state index contributed by atoms with van der Waals surface area (Å²) in [4.78, 5) is 31.0. The van der Waals surface area contributed by atoms with Gasteiger partial charge in [-0.2, -0.15) is 13.2 Å². The van der Waals surface area contributed by atoms with E-state index >= 15 is 0 Å². The summed E-state index contributed by atoms with van der Waals surface area (Å²) in [6, 6.07) is 9.05. The minimum absolute atomic E-state index is 0.137. The molecule has 0 amide bonds. The van der Waals surface area contributed by atoms with Crippen molar-refractivity contribution in [3.05, 3.63) is 97.3 Å². The zero-order chi connectivity index (χ0) is 25.3. The van der Waals surface area contributed by atoms with Gasteiger partial charge in [-0.05, 0) is 25.1 Å². The zero-order valence-electron chi connectivity index (χ0n) is 18.8. The number of anilines is 1. The van der Waals surface area contributed by atoms with Gasteiger partial charge in [0.15, 0.2) is 0 Å². The minimum Gasteiger partial charge on any atom is -0.363 e. The fourth-order valence-corrected chi connectivity index (χ4v) is 4.37. The molecule has 6 nitrogen and oxygen atoms in total. The molecular formula is C24H23F5N4O2. The molecule has 1 fully saturated rings. The summed E-state index contributed by atoms with van der Waals surface area (Å²) in [7, 11) is 0. The molecule has 186 valence electrons. The number of halogens is 5. The number of H-pyrrole nitrogens is 1. The van der Waals surface area contributed by atoms with Gasteiger partial charge in [-0.15, -0.1) is 0 Å². The number of nitrogens with one attached hydrogen (secondary N) is 1. The molecule has 1 aliphatic rings. The van der Waals surface area contributed by atoms with E-state index in [-0.39, 0.29) is 17.2 Å². The van der Waals surface area contributed by atoms with Gasteiger partial charge in [0.1, 0.15) is 17.3 Å². The fourth-order valence-electron chi connectivity index (χ4n) is 4.37. The van der Waals surface area contributed by atoms with Crippen molar-refractivity contribution in [1.82, 2.24) is 14.5 Å². The standard InChI is InChI=1S/C24H23F5N4O2/c1-15-21(32-11-9-31(10-12-32)13-16-5-2-3-7-19(16)25)22(34)30-23(35)33(15)14-17-18(24(27,28)29)6-4-8-20(17)26/h2-8H,9-14H2,1H3,(H,30,34,35). The van der Waals surface area contributed by atoms with Gasteiger partial charge >= 0.3 is 11.9 Å². The summed E-state index contributed by atoms with van der Waals surface area (Å²) in [6.45, 7) is 2.90. The normalized spacial score (nSPS) is 15.0. The fraction of sp³-hybridized carbons (Fsp3) is 0.333. The average molecular weight is 494 g/mol. The summed E-state index contributed by atoms with van der Waals surface area (Å²) in [5, 5.41) is 0. The van der Waals surface area contributed by atoms with Crippen molar-refractivity contribution in [1.29, 1.82) is 0 Å². The lowest BCUT2D eigenvalue weighted by Gasteiger charge is -2.36. The Balaban J connectivity index is 1.60. The van der Waals surface area contributed by atoms with Crippen LogP contribution < -0.4 is 16.1 Å². The number of nitrogens with zero attached hydrogens (tertiary/aromatic N) is 3. The molecule has 0 bridgehead atoms. The van der Waals surface area contributed by atoms with Gasteiger partial charge in [0.05, 0.1) is 12.1 Å². The Bertz CT molecular complexity index is 1340. The monoisotopic (exact) mass is 494 g/mol. The Kier molecular flexibility index (Phi) is 6.79. The molecule has 35 heavy (non-hydrogen) atoms. The Morgan fingerprint density at radius 1 is 0.886 bits per heavy atom. The van der Waals surface area contributed by atoms with Gasteiger partial charge in [-0.1, -0.05) is 24.3 Å². The molecule has 0 unspecified atom stereocenters. The van der Waals surface area contributed by atoms with Crippen molar-refractivity contribution in [3.63, 3.8) is 0 Å². The Morgan fingerprint density at radius 2 is 1.54 bits per heavy atom. The summed E-state index contributed by atoms with van der Waals surface area (Å²) in [5.74, 6) is -1.40. The van der Waals surface area contributed by atoms with Gasteiger partial charge in [0.25, 0.3) is 5.56 Å². The van der Waals surface area contributed by atoms with E-state index in [0.717, 1.165) is 22.8 Å². The molecule has 1 saturated heterocycles. The predicted octanol–water partition coefficient (Wildman–Crippen LogP) is 3.51. The van der Waals surface area contributed by atoms with Crippen LogP contribution >= 0.6 is 0 Å². The second-order valence-electron chi connectivity index (χ2n) is 8.40. The maximum absolute atomic E-state index is 14.4. The van der Waals surface area contributed by atoms with Crippen molar-refractivity contribution in [2.75, 3.05) is 31.1 Å². The molecule has 0 saturated carbocycles. The quantitative estimate of drug-likeness (QED) is 0.552. The van der Waals surface area contributed by atoms with Crippen molar-refractivity contribution >= 4 is 5.69 Å². The van der Waals surface area contributed by atoms with Crippen LogP contribution in [0.5, 0.6) is 0 Å². The van der Waals surface area contributed by atoms with Gasteiger partial charge in [-0.25, -0.2) is 13.6 Å². The summed E-state index contributed by atoms with van der Waals surface area (Å²) in [6.07, 6.45) is -4.81. The highest BCUT2D eigenvalue weighted by Gasteiger charge is 2.35. The number of aromatic amines is 1. The zero-order valence-corrected chi connectivity index (χ0v) is 18.8. The molecule has 0 radical (unpaired) electrons. The molecule has 2 heterocycles. The highest BCUT2D eigenvalue weighted by molar-refractivity contribution is 5.49. The van der Waals surface area contributed by atoms with Crippen LogP contribution in [0.4, 0.5) is 27.6 Å². The number of alkyl halides is 3. The van der Waals surface area contributed by atoms with E-state index in [1.54, 1.807) is 23.1 Å². The Morgan fingerprint density at radius 3 is 2.20 bits per heavy atom. The van der Waals surface area contributed by atoms with Crippen LogP contribution in [-0.2, 0) is 19.3 Å². The minimum atomic E-state index is -4.81. The van der Waals surface area contributed by atoms with E-state index in [4.69, 9.17) is 0 Å². The third-order valence-electron chi connectivity index (χ3n) is 6.21. The average Bonchev–Trinajstić information content (AvgIpc) is 2.79. The Labute approximate surface area is 197 Å². The predicted molar refractivity (Wildman–Crippen MR) is 120 cm³/mol. The molecular weight excluding hydrogens is 471 g/mol. The van der Waals surface area contributed by atoms with Crippen LogP contribution in [0, 0.1) is 18.6 Å². The number of hydrogen-bond acceptors (Lipinski definition) is 4. The van der Waals surface area contributed by atoms with Crippen LogP contribution in [0.1, 0.15) is 22.4 Å². The number of aromatic nitrogens is 2. The molecule has 3 aromatic rings. The van der Waals surface area contributed by atoms with Gasteiger partial charge < -0.3 is 4.90 Å². The van der Waals surface area contributed by atoms with Gasteiger partial charge in [-0.3, -0.25) is 19.2 Å². The van der Waals surface area contributed by atoms with Gasteiger partial charge in [0, 0.05) is 49.5 Å². The summed E-state index contributed by atoms with van der Waals surface area (Å²) < 4.78 is 69.6. The van der Waals surface area contributed by atoms with Crippen LogP contribution in [0.3, 0.4) is 0 Å². The third kappa shape index (κ3) is 5.14.